The zero-order valence-electron chi connectivity index (χ0n) is 13.1. The van der Waals surface area contributed by atoms with Crippen LogP contribution in [0.2, 0.25) is 5.02 Å². The average Bonchev–Trinajstić information content (AvgIpc) is 2.73. The lowest BCUT2D eigenvalue weighted by atomic mass is 10.2. The summed E-state index contributed by atoms with van der Waals surface area (Å²) in [7, 11) is -1.83. The van der Waals surface area contributed by atoms with Crippen molar-refractivity contribution in [3.05, 3.63) is 52.7 Å². The van der Waals surface area contributed by atoms with E-state index in [1.54, 1.807) is 6.92 Å². The molecule has 3 aromatic rings. The molecule has 0 atom stereocenters. The minimum atomic E-state index is -3.69. The first-order valence-corrected chi connectivity index (χ1v) is 8.95. The van der Waals surface area contributed by atoms with Crippen molar-refractivity contribution in [3.8, 4) is 0 Å². The van der Waals surface area contributed by atoms with E-state index in [0.29, 0.717) is 16.3 Å². The molecule has 0 aliphatic heterocycles. The van der Waals surface area contributed by atoms with Crippen LogP contribution in [-0.4, -0.2) is 13.0 Å². The number of aryl methyl sites for hydroxylation is 2. The molecule has 2 N–H and O–H groups in total. The number of nitrogens with zero attached hydrogens (tertiary/aromatic N) is 1. The van der Waals surface area contributed by atoms with Crippen molar-refractivity contribution in [1.29, 1.82) is 0 Å². The normalized spacial score (nSPS) is 12.0. The van der Waals surface area contributed by atoms with Crippen molar-refractivity contribution in [2.75, 3.05) is 5.73 Å². The van der Waals surface area contributed by atoms with Gasteiger partial charge < -0.3 is 10.3 Å². The van der Waals surface area contributed by atoms with Crippen LogP contribution in [0.25, 0.3) is 10.9 Å². The van der Waals surface area contributed by atoms with Gasteiger partial charge >= 0.3 is 0 Å². The van der Waals surface area contributed by atoms with Gasteiger partial charge in [0.05, 0.1) is 15.6 Å². The fourth-order valence-corrected chi connectivity index (χ4v) is 4.76. The van der Waals surface area contributed by atoms with Gasteiger partial charge in [-0.15, -0.1) is 0 Å². The van der Waals surface area contributed by atoms with Gasteiger partial charge in [-0.05, 0) is 44.2 Å². The number of anilines is 1. The van der Waals surface area contributed by atoms with E-state index in [1.807, 2.05) is 36.7 Å². The van der Waals surface area contributed by atoms with Gasteiger partial charge in [-0.1, -0.05) is 23.2 Å². The monoisotopic (exact) mass is 348 g/mol. The van der Waals surface area contributed by atoms with Crippen LogP contribution in [0.4, 0.5) is 5.69 Å². The van der Waals surface area contributed by atoms with E-state index >= 15 is 0 Å². The highest BCUT2D eigenvalue weighted by molar-refractivity contribution is 7.91. The van der Waals surface area contributed by atoms with Crippen molar-refractivity contribution in [1.82, 2.24) is 4.57 Å². The molecule has 0 saturated heterocycles. The summed E-state index contributed by atoms with van der Waals surface area (Å²) in [5.41, 5.74) is 8.63. The largest absolute Gasteiger partial charge is 0.398 e. The van der Waals surface area contributed by atoms with E-state index < -0.39 is 9.84 Å². The summed E-state index contributed by atoms with van der Waals surface area (Å²) in [6, 6.07) is 10.2. The van der Waals surface area contributed by atoms with Gasteiger partial charge in [0, 0.05) is 23.6 Å². The number of nitrogen functional groups attached to an aromatic ring is 1. The summed E-state index contributed by atoms with van der Waals surface area (Å²) >= 11 is 6.00. The maximum Gasteiger partial charge on any atom is 0.209 e. The number of nitrogens with two attached hydrogens (primary N) is 1. The van der Waals surface area contributed by atoms with Crippen LogP contribution in [0.1, 0.15) is 11.3 Å². The molecule has 1 aromatic heterocycles. The number of sulfone groups is 1. The van der Waals surface area contributed by atoms with Crippen LogP contribution >= 0.6 is 11.6 Å². The molecular weight excluding hydrogens is 332 g/mol. The molecule has 1 heterocycles. The molecule has 6 heteroatoms. The highest BCUT2D eigenvalue weighted by Crippen LogP contribution is 2.35. The molecule has 0 bridgehead atoms. The highest BCUT2D eigenvalue weighted by Gasteiger charge is 2.26. The van der Waals surface area contributed by atoms with Crippen molar-refractivity contribution in [3.63, 3.8) is 0 Å². The van der Waals surface area contributed by atoms with E-state index in [0.717, 1.165) is 16.5 Å². The molecule has 0 spiro atoms. The van der Waals surface area contributed by atoms with E-state index in [9.17, 15) is 8.42 Å². The van der Waals surface area contributed by atoms with Crippen LogP contribution in [0.3, 0.4) is 0 Å². The minimum absolute atomic E-state index is 0.147. The van der Waals surface area contributed by atoms with Crippen molar-refractivity contribution >= 4 is 38.0 Å². The lowest BCUT2D eigenvalue weighted by Crippen LogP contribution is -2.05. The van der Waals surface area contributed by atoms with Gasteiger partial charge in [0.15, 0.2) is 0 Å². The van der Waals surface area contributed by atoms with E-state index in [4.69, 9.17) is 17.3 Å². The quantitative estimate of drug-likeness (QED) is 0.715. The smallest absolute Gasteiger partial charge is 0.209 e. The van der Waals surface area contributed by atoms with Gasteiger partial charge in [0.1, 0.15) is 4.90 Å². The van der Waals surface area contributed by atoms with Crippen LogP contribution in [0.15, 0.2) is 46.2 Å². The Hall–Kier alpha value is -1.98. The van der Waals surface area contributed by atoms with Gasteiger partial charge in [0.2, 0.25) is 9.84 Å². The number of halogens is 1. The Labute approximate surface area is 140 Å². The summed E-state index contributed by atoms with van der Waals surface area (Å²) in [5.74, 6) is 0. The molecule has 0 aliphatic carbocycles. The number of rotatable bonds is 2. The van der Waals surface area contributed by atoms with Gasteiger partial charge in [0.25, 0.3) is 0 Å². The van der Waals surface area contributed by atoms with Crippen LogP contribution in [0.5, 0.6) is 0 Å². The summed E-state index contributed by atoms with van der Waals surface area (Å²) in [4.78, 5) is 0.466. The van der Waals surface area contributed by atoms with Crippen molar-refractivity contribution < 1.29 is 8.42 Å². The summed E-state index contributed by atoms with van der Waals surface area (Å²) in [6.45, 7) is 3.75. The van der Waals surface area contributed by atoms with Gasteiger partial charge in [-0.2, -0.15) is 0 Å². The first kappa shape index (κ1) is 15.9. The van der Waals surface area contributed by atoms with Gasteiger partial charge in [-0.3, -0.25) is 0 Å². The fourth-order valence-electron chi connectivity index (χ4n) is 2.78. The zero-order valence-corrected chi connectivity index (χ0v) is 14.7. The summed E-state index contributed by atoms with van der Waals surface area (Å²) < 4.78 is 28.2. The topological polar surface area (TPSA) is 65.1 Å². The maximum atomic E-state index is 13.1. The molecule has 0 amide bonds. The number of hydrogen-bond acceptors (Lipinski definition) is 3. The predicted octanol–water partition coefficient (Wildman–Crippen LogP) is 3.86. The molecule has 120 valence electrons. The van der Waals surface area contributed by atoms with Crippen LogP contribution < -0.4 is 5.73 Å². The van der Waals surface area contributed by atoms with Crippen LogP contribution in [0, 0.1) is 13.8 Å². The molecule has 2 aromatic carbocycles. The van der Waals surface area contributed by atoms with E-state index in [-0.39, 0.29) is 9.92 Å². The molecule has 0 aliphatic rings. The predicted molar refractivity (Wildman–Crippen MR) is 93.7 cm³/mol. The van der Waals surface area contributed by atoms with Crippen LogP contribution in [-0.2, 0) is 16.9 Å². The third-order valence-corrected chi connectivity index (χ3v) is 6.40. The average molecular weight is 349 g/mol. The van der Waals surface area contributed by atoms with E-state index in [2.05, 4.69) is 0 Å². The first-order valence-electron chi connectivity index (χ1n) is 7.09. The molecule has 0 fully saturated rings. The van der Waals surface area contributed by atoms with Crippen molar-refractivity contribution in [2.24, 2.45) is 7.05 Å². The van der Waals surface area contributed by atoms with Crippen molar-refractivity contribution in [2.45, 2.75) is 23.6 Å². The molecule has 0 unspecified atom stereocenters. The lowest BCUT2D eigenvalue weighted by Gasteiger charge is -2.07. The third kappa shape index (κ3) is 2.40. The molecule has 23 heavy (non-hydrogen) atoms. The summed E-state index contributed by atoms with van der Waals surface area (Å²) in [5, 5.41) is 0.957. The van der Waals surface area contributed by atoms with Gasteiger partial charge in [-0.25, -0.2) is 8.42 Å². The number of fused-ring (bicyclic) bond motifs is 1. The SMILES string of the molecule is Cc1ccc2c(c1)c(S(=O)(=O)c1ccc(N)c(Cl)c1)c(C)n2C. The first-order chi connectivity index (χ1) is 10.7. The molecule has 3 rings (SSSR count). The Morgan fingerprint density at radius 1 is 1.09 bits per heavy atom. The molecule has 4 nitrogen and oxygen atoms in total. The number of hydrogen-bond donors (Lipinski definition) is 1. The lowest BCUT2D eigenvalue weighted by molar-refractivity contribution is 0.595. The summed E-state index contributed by atoms with van der Waals surface area (Å²) in [6.07, 6.45) is 0. The second-order valence-corrected chi connectivity index (χ2v) is 7.97. The third-order valence-electron chi connectivity index (χ3n) is 4.14. The Morgan fingerprint density at radius 2 is 1.78 bits per heavy atom. The maximum absolute atomic E-state index is 13.1. The number of benzene rings is 2. The number of aromatic nitrogens is 1. The highest BCUT2D eigenvalue weighted by atomic mass is 35.5. The Bertz CT molecular complexity index is 1040. The second-order valence-electron chi connectivity index (χ2n) is 5.68. The second kappa shape index (κ2) is 5.28. The molecular formula is C17H17ClN2O2S. The zero-order chi connectivity index (χ0) is 16.9. The van der Waals surface area contributed by atoms with E-state index in [1.165, 1.54) is 18.2 Å². The molecule has 0 saturated carbocycles. The Morgan fingerprint density at radius 3 is 2.43 bits per heavy atom. The fraction of sp³-hybridized carbons (Fsp3) is 0.176. The minimum Gasteiger partial charge on any atom is -0.398 e. The Kier molecular flexibility index (Phi) is 3.65. The molecule has 0 radical (unpaired) electrons. The standard InChI is InChI=1S/C17H17ClN2O2S/c1-10-4-7-16-13(8-10)17(11(2)20(16)3)23(21,22)12-5-6-15(19)14(18)9-12/h4-9H,19H2,1-3H3. The Balaban J connectivity index is 2.36.